The number of methoxy groups -OCH3 is 1. The smallest absolute Gasteiger partial charge is 0.168 e. The van der Waals surface area contributed by atoms with Crippen LogP contribution in [-0.2, 0) is 20.8 Å². The number of ether oxygens (including phenoxy) is 4. The molecule has 2 aliphatic rings. The summed E-state index contributed by atoms with van der Waals surface area (Å²) in [7, 11) is 1.69. The van der Waals surface area contributed by atoms with Crippen molar-refractivity contribution in [2.45, 2.75) is 44.2 Å². The van der Waals surface area contributed by atoms with Gasteiger partial charge < -0.3 is 18.9 Å². The molecule has 0 bridgehead atoms. The molecule has 2 fully saturated rings. The molecule has 1 saturated carbocycles. The highest BCUT2D eigenvalue weighted by Gasteiger charge is 2.40. The van der Waals surface area contributed by atoms with Crippen molar-refractivity contribution in [2.24, 2.45) is 0 Å². The van der Waals surface area contributed by atoms with Crippen molar-refractivity contribution in [3.05, 3.63) is 28.2 Å². The number of hydrogen-bond donors (Lipinski definition) is 0. The van der Waals surface area contributed by atoms with E-state index in [1.54, 1.807) is 7.11 Å². The summed E-state index contributed by atoms with van der Waals surface area (Å²) >= 11 is 3.49. The van der Waals surface area contributed by atoms with Gasteiger partial charge >= 0.3 is 0 Å². The zero-order valence-electron chi connectivity index (χ0n) is 12.3. The van der Waals surface area contributed by atoms with Gasteiger partial charge in [-0.05, 0) is 31.0 Å². The van der Waals surface area contributed by atoms with Crippen molar-refractivity contribution < 1.29 is 18.9 Å². The van der Waals surface area contributed by atoms with Crippen molar-refractivity contribution in [3.63, 3.8) is 0 Å². The molecule has 0 amide bonds. The first-order chi connectivity index (χ1) is 10.2. The predicted molar refractivity (Wildman–Crippen MR) is 82.4 cm³/mol. The van der Waals surface area contributed by atoms with Gasteiger partial charge in [-0.1, -0.05) is 15.9 Å². The Kier molecular flexibility index (Phi) is 4.84. The lowest BCUT2D eigenvalue weighted by atomic mass is 9.92. The third kappa shape index (κ3) is 3.59. The molecule has 5 heteroatoms. The van der Waals surface area contributed by atoms with Gasteiger partial charge in [0.25, 0.3) is 0 Å². The van der Waals surface area contributed by atoms with E-state index < -0.39 is 0 Å². The highest BCUT2D eigenvalue weighted by molar-refractivity contribution is 9.10. The van der Waals surface area contributed by atoms with E-state index >= 15 is 0 Å². The van der Waals surface area contributed by atoms with Gasteiger partial charge in [-0.15, -0.1) is 0 Å². The Bertz CT molecular complexity index is 475. The highest BCUT2D eigenvalue weighted by Crippen LogP contribution is 2.37. The Morgan fingerprint density at radius 3 is 2.62 bits per heavy atom. The van der Waals surface area contributed by atoms with Crippen LogP contribution in [0.25, 0.3) is 0 Å². The topological polar surface area (TPSA) is 36.9 Å². The predicted octanol–water partition coefficient (Wildman–Crippen LogP) is 3.66. The molecular formula is C16H21BrO4. The zero-order chi connectivity index (χ0) is 14.7. The summed E-state index contributed by atoms with van der Waals surface area (Å²) in [5, 5.41) is 0. The maximum Gasteiger partial charge on any atom is 0.168 e. The fraction of sp³-hybridized carbons (Fsp3) is 0.625. The number of benzene rings is 1. The Balaban J connectivity index is 1.53. The third-order valence-corrected chi connectivity index (χ3v) is 4.72. The number of halogens is 1. The monoisotopic (exact) mass is 356 g/mol. The molecule has 1 aliphatic carbocycles. The molecule has 4 nitrogen and oxygen atoms in total. The fourth-order valence-corrected chi connectivity index (χ4v) is 3.46. The first-order valence-corrected chi connectivity index (χ1v) is 8.22. The molecule has 1 saturated heterocycles. The van der Waals surface area contributed by atoms with E-state index in [9.17, 15) is 0 Å². The summed E-state index contributed by atoms with van der Waals surface area (Å²) in [5.41, 5.74) is 1.07. The van der Waals surface area contributed by atoms with Crippen LogP contribution in [0.3, 0.4) is 0 Å². The normalized spacial score (nSPS) is 21.8. The minimum atomic E-state index is -0.312. The Morgan fingerprint density at radius 1 is 1.24 bits per heavy atom. The Morgan fingerprint density at radius 2 is 1.95 bits per heavy atom. The average molecular weight is 357 g/mol. The summed E-state index contributed by atoms with van der Waals surface area (Å²) in [4.78, 5) is 0. The van der Waals surface area contributed by atoms with Gasteiger partial charge in [0.05, 0.1) is 33.0 Å². The van der Waals surface area contributed by atoms with Crippen LogP contribution in [0, 0.1) is 0 Å². The van der Waals surface area contributed by atoms with Gasteiger partial charge in [0.2, 0.25) is 0 Å². The molecule has 1 aromatic rings. The first-order valence-electron chi connectivity index (χ1n) is 7.43. The van der Waals surface area contributed by atoms with Crippen molar-refractivity contribution in [2.75, 3.05) is 20.3 Å². The van der Waals surface area contributed by atoms with Crippen molar-refractivity contribution in [1.82, 2.24) is 0 Å². The van der Waals surface area contributed by atoms with Crippen LogP contribution in [0.15, 0.2) is 22.7 Å². The van der Waals surface area contributed by atoms with Crippen LogP contribution in [0.4, 0.5) is 0 Å². The molecule has 1 aromatic carbocycles. The molecule has 1 aliphatic heterocycles. The van der Waals surface area contributed by atoms with Gasteiger partial charge in [-0.3, -0.25) is 0 Å². The van der Waals surface area contributed by atoms with Crippen LogP contribution < -0.4 is 4.74 Å². The molecular weight excluding hydrogens is 336 g/mol. The van der Waals surface area contributed by atoms with E-state index in [4.69, 9.17) is 18.9 Å². The minimum absolute atomic E-state index is 0.270. The molecule has 0 radical (unpaired) electrons. The Hall–Kier alpha value is -0.620. The van der Waals surface area contributed by atoms with Crippen molar-refractivity contribution in [3.8, 4) is 5.75 Å². The molecule has 116 valence electrons. The number of rotatable bonds is 4. The molecule has 0 aromatic heterocycles. The van der Waals surface area contributed by atoms with Gasteiger partial charge in [-0.25, -0.2) is 0 Å². The van der Waals surface area contributed by atoms with Crippen molar-refractivity contribution >= 4 is 15.9 Å². The lowest BCUT2D eigenvalue weighted by Gasteiger charge is -2.35. The summed E-state index contributed by atoms with van der Waals surface area (Å²) in [6.07, 6.45) is 4.08. The van der Waals surface area contributed by atoms with E-state index in [1.807, 2.05) is 18.2 Å². The van der Waals surface area contributed by atoms with E-state index in [2.05, 4.69) is 15.9 Å². The Labute approximate surface area is 133 Å². The maximum absolute atomic E-state index is 6.06. The standard InChI is InChI=1S/C16H21BrO4/c1-18-15-3-2-13(17)10-12(15)11-19-14-4-6-16(7-5-14)20-8-9-21-16/h2-3,10,14H,4-9,11H2,1H3. The third-order valence-electron chi connectivity index (χ3n) is 4.22. The van der Waals surface area contributed by atoms with Crippen LogP contribution in [0.5, 0.6) is 5.75 Å². The van der Waals surface area contributed by atoms with E-state index in [-0.39, 0.29) is 11.9 Å². The maximum atomic E-state index is 6.06. The second-order valence-electron chi connectivity index (χ2n) is 5.57. The second kappa shape index (κ2) is 6.65. The van der Waals surface area contributed by atoms with Crippen LogP contribution in [0.1, 0.15) is 31.2 Å². The molecule has 0 atom stereocenters. The molecule has 0 unspecified atom stereocenters. The van der Waals surface area contributed by atoms with Crippen LogP contribution >= 0.6 is 15.9 Å². The van der Waals surface area contributed by atoms with Gasteiger partial charge in [0.1, 0.15) is 5.75 Å². The van der Waals surface area contributed by atoms with Crippen LogP contribution in [-0.4, -0.2) is 32.2 Å². The molecule has 0 N–H and O–H groups in total. The molecule has 1 spiro atoms. The zero-order valence-corrected chi connectivity index (χ0v) is 13.9. The quantitative estimate of drug-likeness (QED) is 0.824. The van der Waals surface area contributed by atoms with Crippen molar-refractivity contribution in [1.29, 1.82) is 0 Å². The lowest BCUT2D eigenvalue weighted by Crippen LogP contribution is -2.37. The van der Waals surface area contributed by atoms with E-state index in [0.29, 0.717) is 6.61 Å². The summed E-state index contributed by atoms with van der Waals surface area (Å²) in [6.45, 7) is 2.02. The summed E-state index contributed by atoms with van der Waals surface area (Å²) in [6, 6.07) is 5.98. The highest BCUT2D eigenvalue weighted by atomic mass is 79.9. The first kappa shape index (κ1) is 15.3. The van der Waals surface area contributed by atoms with E-state index in [0.717, 1.165) is 54.7 Å². The molecule has 1 heterocycles. The van der Waals surface area contributed by atoms with Gasteiger partial charge in [0, 0.05) is 22.9 Å². The molecule has 3 rings (SSSR count). The summed E-state index contributed by atoms with van der Waals surface area (Å²) in [5.74, 6) is 0.556. The average Bonchev–Trinajstić information content (AvgIpc) is 2.95. The van der Waals surface area contributed by atoms with Crippen LogP contribution in [0.2, 0.25) is 0 Å². The van der Waals surface area contributed by atoms with Gasteiger partial charge in [-0.2, -0.15) is 0 Å². The molecule has 21 heavy (non-hydrogen) atoms. The lowest BCUT2D eigenvalue weighted by molar-refractivity contribution is -0.192. The summed E-state index contributed by atoms with van der Waals surface area (Å²) < 4.78 is 24.0. The fourth-order valence-electron chi connectivity index (χ4n) is 3.05. The largest absolute Gasteiger partial charge is 0.496 e. The van der Waals surface area contributed by atoms with E-state index in [1.165, 1.54) is 0 Å². The second-order valence-corrected chi connectivity index (χ2v) is 6.49. The SMILES string of the molecule is COc1ccc(Br)cc1COC1CCC2(CC1)OCCO2. The minimum Gasteiger partial charge on any atom is -0.496 e. The van der Waals surface area contributed by atoms with Gasteiger partial charge in [0.15, 0.2) is 5.79 Å². The number of hydrogen-bond acceptors (Lipinski definition) is 4.